The molecule has 0 aliphatic carbocycles. The van der Waals surface area contributed by atoms with E-state index in [1.807, 2.05) is 18.2 Å². The number of carbonyl (C=O) groups is 1. The molecule has 1 aromatic carbocycles. The summed E-state index contributed by atoms with van der Waals surface area (Å²) < 4.78 is 10.7. The fraction of sp³-hybridized carbons (Fsp3) is 0.500. The van der Waals surface area contributed by atoms with Gasteiger partial charge in [0.1, 0.15) is 0 Å². The van der Waals surface area contributed by atoms with Gasteiger partial charge >= 0.3 is 0 Å². The van der Waals surface area contributed by atoms with Gasteiger partial charge in [-0.25, -0.2) is 0 Å². The van der Waals surface area contributed by atoms with Gasteiger partial charge < -0.3 is 20.1 Å². The van der Waals surface area contributed by atoms with Crippen molar-refractivity contribution in [3.05, 3.63) is 23.8 Å². The lowest BCUT2D eigenvalue weighted by Gasteiger charge is -2.22. The molecule has 0 saturated carbocycles. The molecule has 1 unspecified atom stereocenters. The van der Waals surface area contributed by atoms with Crippen LogP contribution in [0.3, 0.4) is 0 Å². The smallest absolute Gasteiger partial charge is 0.237 e. The van der Waals surface area contributed by atoms with Crippen LogP contribution < -0.4 is 20.1 Å². The number of fused-ring (bicyclic) bond motifs is 1. The van der Waals surface area contributed by atoms with Gasteiger partial charge in [-0.2, -0.15) is 0 Å². The van der Waals surface area contributed by atoms with Crippen LogP contribution >= 0.6 is 0 Å². The fourth-order valence-electron chi connectivity index (χ4n) is 2.51. The van der Waals surface area contributed by atoms with E-state index in [0.29, 0.717) is 6.54 Å². The van der Waals surface area contributed by atoms with Crippen molar-refractivity contribution in [3.63, 3.8) is 0 Å². The molecule has 5 heteroatoms. The summed E-state index contributed by atoms with van der Waals surface area (Å²) >= 11 is 0. The Kier molecular flexibility index (Phi) is 3.55. The highest BCUT2D eigenvalue weighted by Crippen LogP contribution is 2.35. The van der Waals surface area contributed by atoms with Gasteiger partial charge in [0.2, 0.25) is 12.7 Å². The molecule has 0 aromatic heterocycles. The SMILES string of the molecule is O=C(NCc1cccc2c1OCO2)C1CCCCN1. The lowest BCUT2D eigenvalue weighted by Crippen LogP contribution is -2.46. The van der Waals surface area contributed by atoms with Gasteiger partial charge in [-0.1, -0.05) is 18.6 Å². The summed E-state index contributed by atoms with van der Waals surface area (Å²) in [4.78, 5) is 12.0. The first-order chi connectivity index (χ1) is 9.34. The molecule has 1 saturated heterocycles. The van der Waals surface area contributed by atoms with E-state index in [0.717, 1.165) is 42.9 Å². The Morgan fingerprint density at radius 3 is 3.16 bits per heavy atom. The maximum Gasteiger partial charge on any atom is 0.237 e. The lowest BCUT2D eigenvalue weighted by molar-refractivity contribution is -0.123. The van der Waals surface area contributed by atoms with Crippen LogP contribution in [-0.2, 0) is 11.3 Å². The summed E-state index contributed by atoms with van der Waals surface area (Å²) in [6, 6.07) is 5.68. The van der Waals surface area contributed by atoms with Gasteiger partial charge in [-0.05, 0) is 25.5 Å². The molecule has 2 heterocycles. The van der Waals surface area contributed by atoms with Crippen molar-refractivity contribution in [2.75, 3.05) is 13.3 Å². The molecule has 5 nitrogen and oxygen atoms in total. The van der Waals surface area contributed by atoms with Crippen molar-refractivity contribution < 1.29 is 14.3 Å². The Bertz CT molecular complexity index is 470. The minimum atomic E-state index is -0.0531. The van der Waals surface area contributed by atoms with Crippen molar-refractivity contribution in [1.29, 1.82) is 0 Å². The number of nitrogens with one attached hydrogen (secondary N) is 2. The number of hydrogen-bond acceptors (Lipinski definition) is 4. The van der Waals surface area contributed by atoms with Crippen molar-refractivity contribution in [3.8, 4) is 11.5 Å². The molecule has 1 atom stereocenters. The second-order valence-corrected chi connectivity index (χ2v) is 4.87. The van der Waals surface area contributed by atoms with Crippen LogP contribution in [0.15, 0.2) is 18.2 Å². The van der Waals surface area contributed by atoms with Crippen molar-refractivity contribution in [2.24, 2.45) is 0 Å². The van der Waals surface area contributed by atoms with Gasteiger partial charge in [0, 0.05) is 12.1 Å². The number of rotatable bonds is 3. The van der Waals surface area contributed by atoms with E-state index in [1.54, 1.807) is 0 Å². The molecule has 1 fully saturated rings. The molecule has 0 spiro atoms. The summed E-state index contributed by atoms with van der Waals surface area (Å²) in [6.07, 6.45) is 3.18. The van der Waals surface area contributed by atoms with Crippen molar-refractivity contribution in [1.82, 2.24) is 10.6 Å². The van der Waals surface area contributed by atoms with E-state index >= 15 is 0 Å². The van der Waals surface area contributed by atoms with Gasteiger partial charge in [-0.15, -0.1) is 0 Å². The maximum absolute atomic E-state index is 12.0. The van der Waals surface area contributed by atoms with Crippen LogP contribution in [0, 0.1) is 0 Å². The Balaban J connectivity index is 1.60. The van der Waals surface area contributed by atoms with Crippen LogP contribution in [0.5, 0.6) is 11.5 Å². The highest BCUT2D eigenvalue weighted by atomic mass is 16.7. The standard InChI is InChI=1S/C14H18N2O3/c17-14(11-5-1-2-7-15-11)16-8-10-4-3-6-12-13(10)19-9-18-12/h3-4,6,11,15H,1-2,5,7-9H2,(H,16,17). The third-order valence-corrected chi connectivity index (χ3v) is 3.56. The van der Waals surface area contributed by atoms with Crippen LogP contribution in [-0.4, -0.2) is 25.3 Å². The molecule has 1 amide bonds. The van der Waals surface area contributed by atoms with Gasteiger partial charge in [0.15, 0.2) is 11.5 Å². The molecule has 1 aromatic rings. The average molecular weight is 262 g/mol. The quantitative estimate of drug-likeness (QED) is 0.858. The topological polar surface area (TPSA) is 59.6 Å². The van der Waals surface area contributed by atoms with Crippen LogP contribution in [0.2, 0.25) is 0 Å². The number of carbonyl (C=O) groups excluding carboxylic acids is 1. The highest BCUT2D eigenvalue weighted by molar-refractivity contribution is 5.81. The molecule has 0 radical (unpaired) electrons. The summed E-state index contributed by atoms with van der Waals surface area (Å²) in [7, 11) is 0. The van der Waals surface area contributed by atoms with Crippen molar-refractivity contribution >= 4 is 5.91 Å². The molecule has 0 bridgehead atoms. The molecular weight excluding hydrogens is 244 g/mol. The normalized spacial score (nSPS) is 21.2. The largest absolute Gasteiger partial charge is 0.454 e. The first-order valence-corrected chi connectivity index (χ1v) is 6.73. The predicted octanol–water partition coefficient (Wildman–Crippen LogP) is 1.17. The molecule has 102 valence electrons. The second kappa shape index (κ2) is 5.48. The number of benzene rings is 1. The Morgan fingerprint density at radius 2 is 2.32 bits per heavy atom. The molecule has 2 aliphatic rings. The van der Waals surface area contributed by atoms with Crippen LogP contribution in [0.1, 0.15) is 24.8 Å². The third-order valence-electron chi connectivity index (χ3n) is 3.56. The number of piperidine rings is 1. The fourth-order valence-corrected chi connectivity index (χ4v) is 2.51. The van der Waals surface area contributed by atoms with Crippen LogP contribution in [0.4, 0.5) is 0 Å². The van der Waals surface area contributed by atoms with E-state index in [2.05, 4.69) is 10.6 Å². The first-order valence-electron chi connectivity index (χ1n) is 6.73. The molecule has 19 heavy (non-hydrogen) atoms. The Labute approximate surface area is 112 Å². The van der Waals surface area contributed by atoms with E-state index in [-0.39, 0.29) is 18.7 Å². The Hall–Kier alpha value is -1.75. The Morgan fingerprint density at radius 1 is 1.37 bits per heavy atom. The summed E-state index contributed by atoms with van der Waals surface area (Å²) in [6.45, 7) is 1.66. The number of ether oxygens (including phenoxy) is 2. The second-order valence-electron chi connectivity index (χ2n) is 4.87. The number of amides is 1. The number of hydrogen-bond donors (Lipinski definition) is 2. The molecular formula is C14H18N2O3. The maximum atomic E-state index is 12.0. The van der Waals surface area contributed by atoms with E-state index in [1.165, 1.54) is 0 Å². The number of para-hydroxylation sites is 1. The van der Waals surface area contributed by atoms with Gasteiger partial charge in [0.05, 0.1) is 6.04 Å². The van der Waals surface area contributed by atoms with Gasteiger partial charge in [0.25, 0.3) is 0 Å². The predicted molar refractivity (Wildman–Crippen MR) is 70.1 cm³/mol. The first kappa shape index (κ1) is 12.3. The summed E-state index contributed by atoms with van der Waals surface area (Å²) in [5.41, 5.74) is 0.958. The van der Waals surface area contributed by atoms with E-state index in [9.17, 15) is 4.79 Å². The zero-order valence-electron chi connectivity index (χ0n) is 10.8. The monoisotopic (exact) mass is 262 g/mol. The zero-order valence-corrected chi connectivity index (χ0v) is 10.8. The van der Waals surface area contributed by atoms with Gasteiger partial charge in [-0.3, -0.25) is 4.79 Å². The minimum Gasteiger partial charge on any atom is -0.454 e. The minimum absolute atomic E-state index is 0.0531. The van der Waals surface area contributed by atoms with E-state index in [4.69, 9.17) is 9.47 Å². The third kappa shape index (κ3) is 2.66. The highest BCUT2D eigenvalue weighted by Gasteiger charge is 2.21. The summed E-state index contributed by atoms with van der Waals surface area (Å²) in [5, 5.41) is 6.20. The molecule has 2 N–H and O–H groups in total. The molecule has 3 rings (SSSR count). The molecule has 2 aliphatic heterocycles. The lowest BCUT2D eigenvalue weighted by atomic mass is 10.0. The van der Waals surface area contributed by atoms with Crippen LogP contribution in [0.25, 0.3) is 0 Å². The zero-order chi connectivity index (χ0) is 13.1. The van der Waals surface area contributed by atoms with Crippen molar-refractivity contribution in [2.45, 2.75) is 31.8 Å². The van der Waals surface area contributed by atoms with E-state index < -0.39 is 0 Å². The summed E-state index contributed by atoms with van der Waals surface area (Å²) in [5.74, 6) is 1.57. The average Bonchev–Trinajstić information content (AvgIpc) is 2.94.